The second-order valence-electron chi connectivity index (χ2n) is 5.00. The highest BCUT2D eigenvalue weighted by Crippen LogP contribution is 2.27. The minimum atomic E-state index is -4.75. The number of aliphatic hydroxyl groups is 1. The number of piperidine rings is 1. The van der Waals surface area contributed by atoms with E-state index in [4.69, 9.17) is 5.11 Å². The van der Waals surface area contributed by atoms with Crippen LogP contribution in [0.1, 0.15) is 12.8 Å². The standard InChI is InChI=1S/C12H17F3N4O2/c13-12(14,15)9(20)8-17-10(21)11(2-5-16-6-3-11)19-7-1-4-18-19/h1,4,7,9,16,20H,2-3,5-6,8H2,(H,17,21). The van der Waals surface area contributed by atoms with Gasteiger partial charge in [-0.25, -0.2) is 0 Å². The van der Waals surface area contributed by atoms with Crippen molar-refractivity contribution in [2.45, 2.75) is 30.7 Å². The maximum Gasteiger partial charge on any atom is 0.416 e. The molecule has 0 spiro atoms. The zero-order valence-corrected chi connectivity index (χ0v) is 11.2. The van der Waals surface area contributed by atoms with Crippen LogP contribution in [0.2, 0.25) is 0 Å². The van der Waals surface area contributed by atoms with Gasteiger partial charge in [0, 0.05) is 12.4 Å². The number of halogens is 3. The summed E-state index contributed by atoms with van der Waals surface area (Å²) in [5.41, 5.74) is -1.01. The highest BCUT2D eigenvalue weighted by atomic mass is 19.4. The minimum Gasteiger partial charge on any atom is -0.382 e. The number of rotatable bonds is 4. The molecule has 1 amide bonds. The van der Waals surface area contributed by atoms with E-state index in [2.05, 4.69) is 15.7 Å². The van der Waals surface area contributed by atoms with Gasteiger partial charge in [-0.05, 0) is 32.0 Å². The lowest BCUT2D eigenvalue weighted by Crippen LogP contribution is -2.56. The van der Waals surface area contributed by atoms with Crippen molar-refractivity contribution in [1.82, 2.24) is 20.4 Å². The van der Waals surface area contributed by atoms with Gasteiger partial charge in [0.2, 0.25) is 5.91 Å². The summed E-state index contributed by atoms with van der Waals surface area (Å²) >= 11 is 0. The maximum atomic E-state index is 12.4. The average Bonchev–Trinajstić information content (AvgIpc) is 2.98. The fourth-order valence-corrected chi connectivity index (χ4v) is 2.39. The Morgan fingerprint density at radius 3 is 2.67 bits per heavy atom. The van der Waals surface area contributed by atoms with Crippen molar-refractivity contribution in [2.75, 3.05) is 19.6 Å². The molecule has 9 heteroatoms. The summed E-state index contributed by atoms with van der Waals surface area (Å²) in [6.07, 6.45) is -3.35. The van der Waals surface area contributed by atoms with Gasteiger partial charge in [0.15, 0.2) is 6.10 Å². The minimum absolute atomic E-state index is 0.419. The molecule has 1 fully saturated rings. The Hall–Kier alpha value is -1.61. The van der Waals surface area contributed by atoms with Crippen molar-refractivity contribution in [3.63, 3.8) is 0 Å². The summed E-state index contributed by atoms with van der Waals surface area (Å²) < 4.78 is 38.3. The third-order valence-electron chi connectivity index (χ3n) is 3.63. The highest BCUT2D eigenvalue weighted by molar-refractivity contribution is 5.84. The Kier molecular flexibility index (Phi) is 4.52. The Labute approximate surface area is 119 Å². The molecule has 1 unspecified atom stereocenters. The van der Waals surface area contributed by atoms with E-state index in [-0.39, 0.29) is 0 Å². The fourth-order valence-electron chi connectivity index (χ4n) is 2.39. The molecule has 1 atom stereocenters. The van der Waals surface area contributed by atoms with Crippen LogP contribution in [0.25, 0.3) is 0 Å². The predicted molar refractivity (Wildman–Crippen MR) is 67.4 cm³/mol. The average molecular weight is 306 g/mol. The molecule has 2 heterocycles. The summed E-state index contributed by atoms with van der Waals surface area (Å²) in [6, 6.07) is 1.65. The first-order valence-corrected chi connectivity index (χ1v) is 6.60. The van der Waals surface area contributed by atoms with E-state index in [9.17, 15) is 18.0 Å². The van der Waals surface area contributed by atoms with Crippen LogP contribution >= 0.6 is 0 Å². The molecule has 1 aromatic heterocycles. The number of hydrogen-bond donors (Lipinski definition) is 3. The van der Waals surface area contributed by atoms with Crippen LogP contribution in [0, 0.1) is 0 Å². The molecule has 1 aromatic rings. The van der Waals surface area contributed by atoms with Gasteiger partial charge >= 0.3 is 6.18 Å². The SMILES string of the molecule is O=C(NCC(O)C(F)(F)F)C1(n2cccn2)CCNCC1. The van der Waals surface area contributed by atoms with E-state index in [0.29, 0.717) is 25.9 Å². The van der Waals surface area contributed by atoms with E-state index in [1.807, 2.05) is 0 Å². The fraction of sp³-hybridized carbons (Fsp3) is 0.667. The molecule has 1 aliphatic rings. The number of alkyl halides is 3. The zero-order chi connectivity index (χ0) is 15.5. The topological polar surface area (TPSA) is 79.2 Å². The highest BCUT2D eigenvalue weighted by Gasteiger charge is 2.44. The van der Waals surface area contributed by atoms with Crippen LogP contribution < -0.4 is 10.6 Å². The molecule has 0 bridgehead atoms. The molecule has 21 heavy (non-hydrogen) atoms. The number of amides is 1. The predicted octanol–water partition coefficient (Wildman–Crippen LogP) is 0.00120. The lowest BCUT2D eigenvalue weighted by Gasteiger charge is -2.36. The summed E-state index contributed by atoms with van der Waals surface area (Å²) in [6.45, 7) is 0.267. The monoisotopic (exact) mass is 306 g/mol. The first-order valence-electron chi connectivity index (χ1n) is 6.60. The molecular formula is C12H17F3N4O2. The van der Waals surface area contributed by atoms with Crippen molar-refractivity contribution in [3.8, 4) is 0 Å². The van der Waals surface area contributed by atoms with E-state index in [1.54, 1.807) is 12.3 Å². The van der Waals surface area contributed by atoms with E-state index in [1.165, 1.54) is 10.9 Å². The number of carbonyl (C=O) groups excluding carboxylic acids is 1. The van der Waals surface area contributed by atoms with Gasteiger partial charge in [-0.2, -0.15) is 18.3 Å². The zero-order valence-electron chi connectivity index (χ0n) is 11.2. The molecule has 3 N–H and O–H groups in total. The second kappa shape index (κ2) is 6.02. The molecule has 0 radical (unpaired) electrons. The van der Waals surface area contributed by atoms with Gasteiger partial charge in [-0.15, -0.1) is 0 Å². The molecule has 1 saturated heterocycles. The largest absolute Gasteiger partial charge is 0.416 e. The Balaban J connectivity index is 2.09. The van der Waals surface area contributed by atoms with Gasteiger partial charge in [0.25, 0.3) is 0 Å². The van der Waals surface area contributed by atoms with E-state index in [0.717, 1.165) is 0 Å². The van der Waals surface area contributed by atoms with Gasteiger partial charge in [-0.3, -0.25) is 9.48 Å². The second-order valence-corrected chi connectivity index (χ2v) is 5.00. The summed E-state index contributed by atoms with van der Waals surface area (Å²) in [7, 11) is 0. The van der Waals surface area contributed by atoms with E-state index < -0.39 is 30.3 Å². The number of aromatic nitrogens is 2. The van der Waals surface area contributed by atoms with Crippen molar-refractivity contribution >= 4 is 5.91 Å². The third-order valence-corrected chi connectivity index (χ3v) is 3.63. The van der Waals surface area contributed by atoms with Gasteiger partial charge in [0.1, 0.15) is 5.54 Å². The number of nitrogens with zero attached hydrogens (tertiary/aromatic N) is 2. The number of carbonyl (C=O) groups is 1. The van der Waals surface area contributed by atoms with Crippen LogP contribution in [0.4, 0.5) is 13.2 Å². The molecule has 1 aliphatic heterocycles. The van der Waals surface area contributed by atoms with Crippen molar-refractivity contribution in [2.24, 2.45) is 0 Å². The normalized spacial score (nSPS) is 20.0. The maximum absolute atomic E-state index is 12.4. The molecule has 118 valence electrons. The lowest BCUT2D eigenvalue weighted by atomic mass is 9.87. The number of aliphatic hydroxyl groups excluding tert-OH is 1. The van der Waals surface area contributed by atoms with Gasteiger partial charge < -0.3 is 15.7 Å². The first kappa shape index (κ1) is 15.8. The Bertz CT molecular complexity index is 469. The van der Waals surface area contributed by atoms with Crippen LogP contribution in [0.3, 0.4) is 0 Å². The first-order chi connectivity index (χ1) is 9.86. The molecule has 0 aromatic carbocycles. The Morgan fingerprint density at radius 1 is 1.48 bits per heavy atom. The summed E-state index contributed by atoms with van der Waals surface area (Å²) in [5, 5.41) is 18.3. The molecule has 2 rings (SSSR count). The molecular weight excluding hydrogens is 289 g/mol. The molecule has 0 saturated carbocycles. The third kappa shape index (κ3) is 3.35. The van der Waals surface area contributed by atoms with Crippen LogP contribution in [-0.2, 0) is 10.3 Å². The summed E-state index contributed by atoms with van der Waals surface area (Å²) in [5.74, 6) is -0.559. The van der Waals surface area contributed by atoms with Crippen LogP contribution in [0.15, 0.2) is 18.5 Å². The van der Waals surface area contributed by atoms with E-state index >= 15 is 0 Å². The quantitative estimate of drug-likeness (QED) is 0.732. The van der Waals surface area contributed by atoms with Crippen molar-refractivity contribution in [3.05, 3.63) is 18.5 Å². The lowest BCUT2D eigenvalue weighted by molar-refractivity contribution is -0.202. The smallest absolute Gasteiger partial charge is 0.382 e. The molecule has 6 nitrogen and oxygen atoms in total. The van der Waals surface area contributed by atoms with Crippen LogP contribution in [-0.4, -0.2) is 52.7 Å². The van der Waals surface area contributed by atoms with Crippen molar-refractivity contribution < 1.29 is 23.1 Å². The Morgan fingerprint density at radius 2 is 2.14 bits per heavy atom. The van der Waals surface area contributed by atoms with Crippen molar-refractivity contribution in [1.29, 1.82) is 0 Å². The van der Waals surface area contributed by atoms with Gasteiger partial charge in [-0.1, -0.05) is 0 Å². The molecule has 0 aliphatic carbocycles. The van der Waals surface area contributed by atoms with Gasteiger partial charge in [0.05, 0.1) is 6.54 Å². The number of hydrogen-bond acceptors (Lipinski definition) is 4. The number of nitrogens with one attached hydrogen (secondary N) is 2. The van der Waals surface area contributed by atoms with Crippen LogP contribution in [0.5, 0.6) is 0 Å². The summed E-state index contributed by atoms with van der Waals surface area (Å²) in [4.78, 5) is 12.4.